The van der Waals surface area contributed by atoms with Crippen molar-refractivity contribution in [2.45, 2.75) is 43.8 Å². The normalized spacial score (nSPS) is 18.7. The third-order valence-electron chi connectivity index (χ3n) is 5.80. The number of carbonyl (C=O) groups is 1. The first-order valence-electron chi connectivity index (χ1n) is 10.1. The van der Waals surface area contributed by atoms with E-state index >= 15 is 0 Å². The van der Waals surface area contributed by atoms with Crippen molar-refractivity contribution < 1.29 is 9.90 Å². The molecule has 1 aliphatic heterocycles. The molecule has 0 radical (unpaired) electrons. The van der Waals surface area contributed by atoms with Crippen LogP contribution in [-0.2, 0) is 11.3 Å². The molecule has 30 heavy (non-hydrogen) atoms. The van der Waals surface area contributed by atoms with Crippen molar-refractivity contribution in [3.63, 3.8) is 0 Å². The molecule has 1 aromatic carbocycles. The molecule has 4 rings (SSSR count). The molecule has 1 saturated heterocycles. The molecule has 1 aliphatic carbocycles. The molecule has 2 aromatic rings. The summed E-state index contributed by atoms with van der Waals surface area (Å²) in [4.78, 5) is 22.4. The summed E-state index contributed by atoms with van der Waals surface area (Å²) in [5.74, 6) is -0.858. The zero-order valence-electron chi connectivity index (χ0n) is 16.5. The Hall–Kier alpha value is -2.15. The summed E-state index contributed by atoms with van der Waals surface area (Å²) < 4.78 is 0. The van der Waals surface area contributed by atoms with E-state index in [1.54, 1.807) is 18.5 Å². The molecule has 1 saturated carbocycles. The summed E-state index contributed by atoms with van der Waals surface area (Å²) in [6.07, 6.45) is 6.50. The van der Waals surface area contributed by atoms with Crippen LogP contribution >= 0.6 is 23.2 Å². The number of piperidine rings is 1. The number of carboxylic acids is 1. The first kappa shape index (κ1) is 21.1. The van der Waals surface area contributed by atoms with Crippen molar-refractivity contribution in [2.75, 3.05) is 18.0 Å². The van der Waals surface area contributed by atoms with Crippen molar-refractivity contribution in [2.24, 2.45) is 4.99 Å². The van der Waals surface area contributed by atoms with Crippen LogP contribution in [0, 0.1) is 0 Å². The van der Waals surface area contributed by atoms with Gasteiger partial charge in [-0.15, -0.1) is 0 Å². The first-order chi connectivity index (χ1) is 14.5. The van der Waals surface area contributed by atoms with Crippen LogP contribution in [0.3, 0.4) is 0 Å². The number of aromatic nitrogens is 1. The van der Waals surface area contributed by atoms with Gasteiger partial charge >= 0.3 is 5.97 Å². The quantitative estimate of drug-likeness (QED) is 0.623. The fourth-order valence-corrected chi connectivity index (χ4v) is 4.11. The third kappa shape index (κ3) is 4.77. The predicted molar refractivity (Wildman–Crippen MR) is 120 cm³/mol. The zero-order valence-corrected chi connectivity index (χ0v) is 18.0. The van der Waals surface area contributed by atoms with Gasteiger partial charge in [-0.25, -0.2) is 4.79 Å². The number of hydrogen-bond acceptors (Lipinski definition) is 5. The van der Waals surface area contributed by atoms with Crippen molar-refractivity contribution in [1.29, 1.82) is 0 Å². The number of pyridine rings is 1. The maximum atomic E-state index is 11.4. The van der Waals surface area contributed by atoms with Crippen LogP contribution in [0.1, 0.15) is 36.9 Å². The van der Waals surface area contributed by atoms with Crippen molar-refractivity contribution >= 4 is 41.1 Å². The number of nitrogens with zero attached hydrogens (tertiary/aromatic N) is 3. The van der Waals surface area contributed by atoms with Gasteiger partial charge in [0, 0.05) is 41.9 Å². The molecule has 0 bridgehead atoms. The summed E-state index contributed by atoms with van der Waals surface area (Å²) in [6, 6.07) is 9.84. The first-order valence-corrected chi connectivity index (χ1v) is 10.9. The van der Waals surface area contributed by atoms with Crippen LogP contribution < -0.4 is 10.2 Å². The van der Waals surface area contributed by atoms with Crippen LogP contribution in [-0.4, -0.2) is 46.9 Å². The van der Waals surface area contributed by atoms with Gasteiger partial charge in [-0.3, -0.25) is 9.98 Å². The number of anilines is 1. The van der Waals surface area contributed by atoms with Gasteiger partial charge in [0.25, 0.3) is 0 Å². The van der Waals surface area contributed by atoms with E-state index < -0.39 is 11.5 Å². The molecule has 6 nitrogen and oxygen atoms in total. The summed E-state index contributed by atoms with van der Waals surface area (Å²) in [7, 11) is 0. The molecule has 2 N–H and O–H groups in total. The minimum atomic E-state index is -0.937. The fourth-order valence-electron chi connectivity index (χ4n) is 3.73. The maximum absolute atomic E-state index is 11.4. The predicted octanol–water partition coefficient (Wildman–Crippen LogP) is 4.18. The smallest absolute Gasteiger partial charge is 0.331 e. The Morgan fingerprint density at radius 1 is 1.30 bits per heavy atom. The highest BCUT2D eigenvalue weighted by molar-refractivity contribution is 6.33. The number of rotatable bonds is 7. The number of halogens is 2. The Morgan fingerprint density at radius 2 is 2.07 bits per heavy atom. The molecule has 158 valence electrons. The molecule has 0 atom stereocenters. The summed E-state index contributed by atoms with van der Waals surface area (Å²) in [5, 5.41) is 14.3. The van der Waals surface area contributed by atoms with Gasteiger partial charge in [0.15, 0.2) is 5.54 Å². The third-order valence-corrected chi connectivity index (χ3v) is 6.40. The SMILES string of the molecule is O=C(O)C1(N=Cc2ncccc2N2CCC(NCc3cc(Cl)ccc3Cl)CC2)CC1. The van der Waals surface area contributed by atoms with E-state index in [1.807, 2.05) is 24.3 Å². The van der Waals surface area contributed by atoms with Gasteiger partial charge in [0.1, 0.15) is 5.69 Å². The minimum Gasteiger partial charge on any atom is -0.479 e. The molecular formula is C22H24Cl2N4O2. The Morgan fingerprint density at radius 3 is 2.77 bits per heavy atom. The number of carboxylic acid groups (broad SMARTS) is 1. The molecule has 2 heterocycles. The highest BCUT2D eigenvalue weighted by Gasteiger charge is 2.50. The second-order valence-electron chi connectivity index (χ2n) is 7.88. The lowest BCUT2D eigenvalue weighted by molar-refractivity contribution is -0.139. The second kappa shape index (κ2) is 8.92. The Bertz CT molecular complexity index is 954. The minimum absolute atomic E-state index is 0.395. The van der Waals surface area contributed by atoms with E-state index in [0.717, 1.165) is 47.9 Å². The van der Waals surface area contributed by atoms with Crippen LogP contribution in [0.2, 0.25) is 10.0 Å². The van der Waals surface area contributed by atoms with E-state index in [4.69, 9.17) is 23.2 Å². The van der Waals surface area contributed by atoms with Crippen LogP contribution in [0.5, 0.6) is 0 Å². The Kier molecular flexibility index (Phi) is 6.27. The molecule has 0 unspecified atom stereocenters. The molecular weight excluding hydrogens is 423 g/mol. The fraction of sp³-hybridized carbons (Fsp3) is 0.409. The molecule has 1 aromatic heterocycles. The maximum Gasteiger partial charge on any atom is 0.331 e. The molecule has 0 spiro atoms. The zero-order chi connectivity index (χ0) is 21.1. The van der Waals surface area contributed by atoms with Gasteiger partial charge in [0.2, 0.25) is 0 Å². The van der Waals surface area contributed by atoms with Gasteiger partial charge in [-0.05, 0) is 61.6 Å². The average molecular weight is 447 g/mol. The lowest BCUT2D eigenvalue weighted by Gasteiger charge is -2.34. The number of aliphatic imine (C=N–C) groups is 1. The van der Waals surface area contributed by atoms with Crippen molar-refractivity contribution in [3.8, 4) is 0 Å². The van der Waals surface area contributed by atoms with Crippen LogP contribution in [0.15, 0.2) is 41.5 Å². The van der Waals surface area contributed by atoms with Crippen molar-refractivity contribution in [1.82, 2.24) is 10.3 Å². The van der Waals surface area contributed by atoms with Crippen LogP contribution in [0.25, 0.3) is 0 Å². The van der Waals surface area contributed by atoms with E-state index in [0.29, 0.717) is 30.5 Å². The topological polar surface area (TPSA) is 77.8 Å². The van der Waals surface area contributed by atoms with E-state index in [2.05, 4.69) is 20.2 Å². The lowest BCUT2D eigenvalue weighted by atomic mass is 10.0. The van der Waals surface area contributed by atoms with Gasteiger partial charge in [0.05, 0.1) is 11.9 Å². The second-order valence-corrected chi connectivity index (χ2v) is 8.72. The molecule has 0 amide bonds. The number of hydrogen-bond donors (Lipinski definition) is 2. The van der Waals surface area contributed by atoms with E-state index in [9.17, 15) is 9.90 Å². The monoisotopic (exact) mass is 446 g/mol. The summed E-state index contributed by atoms with van der Waals surface area (Å²) in [5.41, 5.74) is 1.79. The number of aliphatic carboxylic acids is 1. The van der Waals surface area contributed by atoms with Gasteiger partial charge in [-0.2, -0.15) is 0 Å². The van der Waals surface area contributed by atoms with Crippen LogP contribution in [0.4, 0.5) is 5.69 Å². The lowest BCUT2D eigenvalue weighted by Crippen LogP contribution is -2.42. The van der Waals surface area contributed by atoms with Crippen molar-refractivity contribution in [3.05, 3.63) is 57.8 Å². The summed E-state index contributed by atoms with van der Waals surface area (Å²) in [6.45, 7) is 2.46. The van der Waals surface area contributed by atoms with E-state index in [-0.39, 0.29) is 0 Å². The molecule has 2 aliphatic rings. The molecule has 8 heteroatoms. The largest absolute Gasteiger partial charge is 0.479 e. The highest BCUT2D eigenvalue weighted by atomic mass is 35.5. The number of nitrogens with one attached hydrogen (secondary N) is 1. The van der Waals surface area contributed by atoms with Gasteiger partial charge in [-0.1, -0.05) is 23.2 Å². The number of benzene rings is 1. The standard InChI is InChI=1S/C22H24Cl2N4O2/c23-16-3-4-18(24)15(12-16)13-26-17-5-10-28(11-6-17)20-2-1-9-25-19(20)14-27-22(7-8-22)21(29)30/h1-4,9,12,14,17,26H,5-8,10-11,13H2,(H,29,30). The van der Waals surface area contributed by atoms with E-state index in [1.165, 1.54) is 0 Å². The highest BCUT2D eigenvalue weighted by Crippen LogP contribution is 2.40. The summed E-state index contributed by atoms with van der Waals surface area (Å²) >= 11 is 12.3. The Labute approximate surface area is 185 Å². The Balaban J connectivity index is 1.36. The average Bonchev–Trinajstić information content (AvgIpc) is 3.55. The van der Waals surface area contributed by atoms with Gasteiger partial charge < -0.3 is 15.3 Å². The molecule has 2 fully saturated rings.